The maximum Gasteiger partial charge on any atom is 0.235 e. The van der Waals surface area contributed by atoms with Crippen molar-refractivity contribution in [2.75, 3.05) is 5.75 Å². The molecule has 0 aliphatic heterocycles. The van der Waals surface area contributed by atoms with Gasteiger partial charge in [0, 0.05) is 6.04 Å². The molecule has 0 unspecified atom stereocenters. The Bertz CT molecular complexity index is 624. The highest BCUT2D eigenvalue weighted by molar-refractivity contribution is 7.91. The van der Waals surface area contributed by atoms with Gasteiger partial charge in [-0.25, -0.2) is 13.1 Å². The van der Waals surface area contributed by atoms with Gasteiger partial charge in [-0.15, -0.1) is 5.10 Å². The third kappa shape index (κ3) is 5.89. The van der Waals surface area contributed by atoms with Crippen molar-refractivity contribution in [2.45, 2.75) is 70.2 Å². The van der Waals surface area contributed by atoms with Crippen LogP contribution >= 0.6 is 0 Å². The van der Waals surface area contributed by atoms with Crippen LogP contribution in [0.25, 0.3) is 0 Å². The zero-order valence-corrected chi connectivity index (χ0v) is 14.5. The molecule has 1 heterocycles. The van der Waals surface area contributed by atoms with E-state index in [-0.39, 0.29) is 17.8 Å². The first kappa shape index (κ1) is 17.8. The van der Waals surface area contributed by atoms with Crippen molar-refractivity contribution in [2.24, 2.45) is 0 Å². The lowest BCUT2D eigenvalue weighted by Gasteiger charge is -2.13. The van der Waals surface area contributed by atoms with Crippen molar-refractivity contribution in [3.8, 4) is 0 Å². The Labute approximate surface area is 136 Å². The Balaban J connectivity index is 1.82. The summed E-state index contributed by atoms with van der Waals surface area (Å²) in [6, 6.07) is 0.198. The van der Waals surface area contributed by atoms with Crippen molar-refractivity contribution < 1.29 is 13.2 Å². The molecule has 1 aliphatic carbocycles. The molecule has 1 aromatic heterocycles. The van der Waals surface area contributed by atoms with Gasteiger partial charge in [-0.05, 0) is 36.6 Å². The highest BCUT2D eigenvalue weighted by Gasteiger charge is 2.30. The van der Waals surface area contributed by atoms with Gasteiger partial charge in [0.2, 0.25) is 5.91 Å². The Morgan fingerprint density at radius 2 is 2.13 bits per heavy atom. The average Bonchev–Trinajstić information content (AvgIpc) is 3.19. The molecular formula is C14H25N5O3S. The fourth-order valence-electron chi connectivity index (χ4n) is 2.45. The van der Waals surface area contributed by atoms with Gasteiger partial charge in [0.05, 0.1) is 6.04 Å². The molecule has 9 heteroatoms. The SMILES string of the molecule is CCCCC[C@@H](C)NC(=O)CS(=O)(=O)Cc1nnnn1C1CC1. The van der Waals surface area contributed by atoms with E-state index < -0.39 is 21.5 Å². The zero-order valence-electron chi connectivity index (χ0n) is 13.7. The molecule has 0 aromatic carbocycles. The van der Waals surface area contributed by atoms with Crippen LogP contribution in [0.15, 0.2) is 0 Å². The second-order valence-electron chi connectivity index (χ2n) is 6.27. The Morgan fingerprint density at radius 3 is 2.78 bits per heavy atom. The number of carbonyl (C=O) groups excluding carboxylic acids is 1. The summed E-state index contributed by atoms with van der Waals surface area (Å²) in [6.07, 6.45) is 6.05. The predicted molar refractivity (Wildman–Crippen MR) is 85.3 cm³/mol. The summed E-state index contributed by atoms with van der Waals surface area (Å²) >= 11 is 0. The van der Waals surface area contributed by atoms with Crippen molar-refractivity contribution in [3.63, 3.8) is 0 Å². The molecular weight excluding hydrogens is 318 g/mol. The predicted octanol–water partition coefficient (Wildman–Crippen LogP) is 1.01. The molecule has 1 fully saturated rings. The van der Waals surface area contributed by atoms with Gasteiger partial charge in [-0.3, -0.25) is 4.79 Å². The Hall–Kier alpha value is -1.51. The van der Waals surface area contributed by atoms with Gasteiger partial charge in [-0.2, -0.15) is 0 Å². The standard InChI is InChI=1S/C14H25N5O3S/c1-3-4-5-6-11(2)15-14(20)10-23(21,22)9-13-16-17-18-19(13)12-7-8-12/h11-12H,3-10H2,1-2H3,(H,15,20)/t11-/m1/s1. The van der Waals surface area contributed by atoms with Crippen molar-refractivity contribution in [1.82, 2.24) is 25.5 Å². The van der Waals surface area contributed by atoms with E-state index in [2.05, 4.69) is 27.8 Å². The number of aromatic nitrogens is 4. The molecule has 0 radical (unpaired) electrons. The molecule has 0 saturated heterocycles. The minimum Gasteiger partial charge on any atom is -0.353 e. The molecule has 8 nitrogen and oxygen atoms in total. The Morgan fingerprint density at radius 1 is 1.39 bits per heavy atom. The van der Waals surface area contributed by atoms with Crippen LogP contribution in [0.1, 0.15) is 64.2 Å². The van der Waals surface area contributed by atoms with E-state index in [1.54, 1.807) is 4.68 Å². The van der Waals surface area contributed by atoms with E-state index in [1.165, 1.54) is 0 Å². The van der Waals surface area contributed by atoms with Crippen molar-refractivity contribution in [3.05, 3.63) is 5.82 Å². The normalized spacial score (nSPS) is 16.3. The van der Waals surface area contributed by atoms with Gasteiger partial charge in [-0.1, -0.05) is 26.2 Å². The minimum absolute atomic E-state index is 0.0129. The fraction of sp³-hybridized carbons (Fsp3) is 0.857. The molecule has 1 N–H and O–H groups in total. The van der Waals surface area contributed by atoms with Gasteiger partial charge in [0.15, 0.2) is 15.7 Å². The molecule has 1 saturated carbocycles. The van der Waals surface area contributed by atoms with E-state index in [0.29, 0.717) is 5.82 Å². The van der Waals surface area contributed by atoms with Crippen molar-refractivity contribution in [1.29, 1.82) is 0 Å². The summed E-state index contributed by atoms with van der Waals surface area (Å²) in [5, 5.41) is 13.9. The van der Waals surface area contributed by atoms with E-state index >= 15 is 0 Å². The van der Waals surface area contributed by atoms with E-state index in [4.69, 9.17) is 0 Å². The quantitative estimate of drug-likeness (QED) is 0.635. The van der Waals surface area contributed by atoms with Crippen molar-refractivity contribution >= 4 is 15.7 Å². The highest BCUT2D eigenvalue weighted by atomic mass is 32.2. The second kappa shape index (κ2) is 7.85. The first-order valence-corrected chi connectivity index (χ1v) is 10.00. The number of nitrogens with one attached hydrogen (secondary N) is 1. The number of amides is 1. The van der Waals surface area contributed by atoms with Crippen LogP contribution in [0.2, 0.25) is 0 Å². The first-order chi connectivity index (χ1) is 10.9. The van der Waals surface area contributed by atoms with Gasteiger partial charge < -0.3 is 5.32 Å². The van der Waals surface area contributed by atoms with Crippen LogP contribution < -0.4 is 5.32 Å². The Kier molecular flexibility index (Phi) is 6.09. The number of nitrogens with zero attached hydrogens (tertiary/aromatic N) is 4. The summed E-state index contributed by atoms with van der Waals surface area (Å²) in [4.78, 5) is 11.9. The second-order valence-corrected chi connectivity index (χ2v) is 8.33. The average molecular weight is 343 g/mol. The molecule has 130 valence electrons. The van der Waals surface area contributed by atoms with Crippen LogP contribution in [0.5, 0.6) is 0 Å². The maximum atomic E-state index is 12.2. The smallest absolute Gasteiger partial charge is 0.235 e. The number of unbranched alkanes of at least 4 members (excludes halogenated alkanes) is 2. The van der Waals surface area contributed by atoms with Gasteiger partial charge >= 0.3 is 0 Å². The van der Waals surface area contributed by atoms with Crippen LogP contribution in [0.4, 0.5) is 0 Å². The summed E-state index contributed by atoms with van der Waals surface area (Å²) in [5.41, 5.74) is 0. The van der Waals surface area contributed by atoms with Gasteiger partial charge in [0.25, 0.3) is 0 Å². The minimum atomic E-state index is -3.58. The molecule has 23 heavy (non-hydrogen) atoms. The molecule has 2 rings (SSSR count). The molecule has 1 aromatic rings. The molecule has 1 aliphatic rings. The largest absolute Gasteiger partial charge is 0.353 e. The number of hydrogen-bond donors (Lipinski definition) is 1. The zero-order chi connectivity index (χ0) is 16.9. The van der Waals surface area contributed by atoms with Gasteiger partial charge in [0.1, 0.15) is 11.5 Å². The monoisotopic (exact) mass is 343 g/mol. The lowest BCUT2D eigenvalue weighted by molar-refractivity contribution is -0.119. The molecule has 0 bridgehead atoms. The summed E-state index contributed by atoms with van der Waals surface area (Å²) in [5.74, 6) is -0.965. The molecule has 1 amide bonds. The lowest BCUT2D eigenvalue weighted by atomic mass is 10.1. The van der Waals surface area contributed by atoms with Crippen LogP contribution in [0, 0.1) is 0 Å². The van der Waals surface area contributed by atoms with E-state index in [0.717, 1.165) is 38.5 Å². The highest BCUT2D eigenvalue weighted by Crippen LogP contribution is 2.34. The maximum absolute atomic E-state index is 12.2. The summed E-state index contributed by atoms with van der Waals surface area (Å²) in [7, 11) is -3.58. The third-order valence-electron chi connectivity index (χ3n) is 3.80. The number of rotatable bonds is 10. The van der Waals surface area contributed by atoms with E-state index in [9.17, 15) is 13.2 Å². The van der Waals surface area contributed by atoms with E-state index in [1.807, 2.05) is 6.92 Å². The number of carbonyl (C=O) groups is 1. The molecule has 1 atom stereocenters. The first-order valence-electron chi connectivity index (χ1n) is 8.18. The fourth-order valence-corrected chi connectivity index (χ4v) is 3.61. The topological polar surface area (TPSA) is 107 Å². The summed E-state index contributed by atoms with van der Waals surface area (Å²) in [6.45, 7) is 4.01. The van der Waals surface area contributed by atoms with Crippen LogP contribution in [-0.2, 0) is 20.4 Å². The number of sulfone groups is 1. The number of tetrazole rings is 1. The lowest BCUT2D eigenvalue weighted by Crippen LogP contribution is -2.37. The third-order valence-corrected chi connectivity index (χ3v) is 5.20. The summed E-state index contributed by atoms with van der Waals surface area (Å²) < 4.78 is 25.9. The number of hydrogen-bond acceptors (Lipinski definition) is 6. The molecule has 0 spiro atoms. The van der Waals surface area contributed by atoms with Crippen LogP contribution in [0.3, 0.4) is 0 Å². The van der Waals surface area contributed by atoms with Crippen LogP contribution in [-0.4, -0.2) is 46.3 Å².